The van der Waals surface area contributed by atoms with Gasteiger partial charge in [0.1, 0.15) is 5.82 Å². The number of hydrogen-bond donors (Lipinski definition) is 1. The molecule has 0 bridgehead atoms. The lowest BCUT2D eigenvalue weighted by Gasteiger charge is -2.30. The van der Waals surface area contributed by atoms with Crippen molar-refractivity contribution in [1.82, 2.24) is 10.2 Å². The summed E-state index contributed by atoms with van der Waals surface area (Å²) in [5.74, 6) is -0.486. The lowest BCUT2D eigenvalue weighted by Crippen LogP contribution is -2.45. The van der Waals surface area contributed by atoms with Gasteiger partial charge in [-0.15, -0.1) is 0 Å². The molecule has 4 nitrogen and oxygen atoms in total. The molecular formula is C15H18FN3O. The van der Waals surface area contributed by atoms with Crippen LogP contribution in [-0.4, -0.2) is 36.5 Å². The van der Waals surface area contributed by atoms with E-state index in [9.17, 15) is 9.18 Å². The van der Waals surface area contributed by atoms with Crippen molar-refractivity contribution < 1.29 is 9.18 Å². The number of carbonyl (C=O) groups excluding carboxylic acids is 1. The normalized spacial score (nSPS) is 16.6. The van der Waals surface area contributed by atoms with E-state index >= 15 is 0 Å². The molecule has 20 heavy (non-hydrogen) atoms. The van der Waals surface area contributed by atoms with Gasteiger partial charge >= 0.3 is 0 Å². The van der Waals surface area contributed by atoms with Crippen LogP contribution in [0.2, 0.25) is 0 Å². The van der Waals surface area contributed by atoms with Crippen LogP contribution in [0, 0.1) is 17.1 Å². The molecule has 0 atom stereocenters. The Bertz CT molecular complexity index is 504. The van der Waals surface area contributed by atoms with Gasteiger partial charge in [-0.3, -0.25) is 9.69 Å². The van der Waals surface area contributed by atoms with Crippen LogP contribution in [0.3, 0.4) is 0 Å². The van der Waals surface area contributed by atoms with Crippen LogP contribution in [0.1, 0.15) is 18.4 Å². The number of halogens is 1. The number of piperidine rings is 1. The molecule has 1 N–H and O–H groups in total. The maximum absolute atomic E-state index is 13.4. The molecule has 1 aromatic carbocycles. The van der Waals surface area contributed by atoms with E-state index in [2.05, 4.69) is 16.3 Å². The lowest BCUT2D eigenvalue weighted by molar-refractivity contribution is -0.121. The number of nitrogens with zero attached hydrogens (tertiary/aromatic N) is 2. The first kappa shape index (κ1) is 14.5. The van der Waals surface area contributed by atoms with Gasteiger partial charge in [-0.2, -0.15) is 5.26 Å². The maximum atomic E-state index is 13.4. The monoisotopic (exact) mass is 275 g/mol. The Balaban J connectivity index is 1.79. The predicted molar refractivity (Wildman–Crippen MR) is 73.3 cm³/mol. The summed E-state index contributed by atoms with van der Waals surface area (Å²) in [5.41, 5.74) is 0.423. The maximum Gasteiger partial charge on any atom is 0.224 e. The average molecular weight is 275 g/mol. The Morgan fingerprint density at radius 1 is 1.40 bits per heavy atom. The van der Waals surface area contributed by atoms with Crippen LogP contribution in [0.25, 0.3) is 0 Å². The third-order valence-electron chi connectivity index (χ3n) is 3.56. The molecule has 0 aliphatic carbocycles. The zero-order chi connectivity index (χ0) is 14.4. The van der Waals surface area contributed by atoms with Gasteiger partial charge in [0, 0.05) is 19.1 Å². The summed E-state index contributed by atoms with van der Waals surface area (Å²) in [6.45, 7) is 2.08. The highest BCUT2D eigenvalue weighted by molar-refractivity contribution is 5.78. The van der Waals surface area contributed by atoms with Gasteiger partial charge in [-0.25, -0.2) is 4.39 Å². The molecule has 0 aromatic heterocycles. The highest BCUT2D eigenvalue weighted by atomic mass is 19.1. The summed E-state index contributed by atoms with van der Waals surface area (Å²) < 4.78 is 13.4. The van der Waals surface area contributed by atoms with Crippen LogP contribution in [0.5, 0.6) is 0 Å². The summed E-state index contributed by atoms with van der Waals surface area (Å²) >= 11 is 0. The largest absolute Gasteiger partial charge is 0.353 e. The highest BCUT2D eigenvalue weighted by Gasteiger charge is 2.20. The van der Waals surface area contributed by atoms with Gasteiger partial charge in [0.15, 0.2) is 0 Å². The Labute approximate surface area is 118 Å². The first-order valence-corrected chi connectivity index (χ1v) is 6.81. The van der Waals surface area contributed by atoms with Crippen molar-refractivity contribution >= 4 is 5.91 Å². The van der Waals surface area contributed by atoms with E-state index in [4.69, 9.17) is 5.26 Å². The van der Waals surface area contributed by atoms with E-state index in [1.807, 2.05) is 0 Å². The minimum Gasteiger partial charge on any atom is -0.353 e. The van der Waals surface area contributed by atoms with E-state index < -0.39 is 0 Å². The quantitative estimate of drug-likeness (QED) is 0.847. The average Bonchev–Trinajstić information content (AvgIpc) is 2.44. The molecule has 1 aromatic rings. The second-order valence-corrected chi connectivity index (χ2v) is 5.04. The van der Waals surface area contributed by atoms with Crippen molar-refractivity contribution in [2.45, 2.75) is 25.3 Å². The highest BCUT2D eigenvalue weighted by Crippen LogP contribution is 2.11. The smallest absolute Gasteiger partial charge is 0.224 e. The molecule has 1 heterocycles. The van der Waals surface area contributed by atoms with E-state index in [0.717, 1.165) is 25.9 Å². The van der Waals surface area contributed by atoms with E-state index in [1.54, 1.807) is 18.2 Å². The Morgan fingerprint density at radius 2 is 2.10 bits per heavy atom. The third kappa shape index (κ3) is 4.04. The summed E-state index contributed by atoms with van der Waals surface area (Å²) in [6, 6.07) is 8.59. The van der Waals surface area contributed by atoms with E-state index in [0.29, 0.717) is 12.1 Å². The van der Waals surface area contributed by atoms with Crippen LogP contribution in [0.4, 0.5) is 4.39 Å². The molecule has 0 unspecified atom stereocenters. The van der Waals surface area contributed by atoms with Crippen molar-refractivity contribution in [3.63, 3.8) is 0 Å². The van der Waals surface area contributed by atoms with Crippen molar-refractivity contribution in [3.8, 4) is 6.07 Å². The zero-order valence-electron chi connectivity index (χ0n) is 11.3. The number of amides is 1. The molecule has 1 amide bonds. The van der Waals surface area contributed by atoms with Crippen molar-refractivity contribution in [1.29, 1.82) is 5.26 Å². The number of nitriles is 1. The Kier molecular flexibility index (Phi) is 5.08. The first-order valence-electron chi connectivity index (χ1n) is 6.81. The van der Waals surface area contributed by atoms with Gasteiger partial charge in [0.25, 0.3) is 0 Å². The molecule has 1 aliphatic rings. The molecule has 1 aliphatic heterocycles. The zero-order valence-corrected chi connectivity index (χ0v) is 11.3. The topological polar surface area (TPSA) is 56.1 Å². The summed E-state index contributed by atoms with van der Waals surface area (Å²) in [5, 5.41) is 11.6. The number of rotatable bonds is 4. The van der Waals surface area contributed by atoms with Crippen molar-refractivity contribution in [2.24, 2.45) is 0 Å². The van der Waals surface area contributed by atoms with Gasteiger partial charge in [0.05, 0.1) is 19.0 Å². The standard InChI is InChI=1S/C15H18FN3O/c16-14-4-2-1-3-12(14)11-15(20)18-13-5-8-19(9-6-13)10-7-17/h1-4,13H,5-6,8-11H2,(H,18,20). The lowest BCUT2D eigenvalue weighted by atomic mass is 10.0. The molecule has 0 radical (unpaired) electrons. The SMILES string of the molecule is N#CCN1CCC(NC(=O)Cc2ccccc2F)CC1. The van der Waals surface area contributed by atoms with Gasteiger partial charge in [0.2, 0.25) is 5.91 Å². The number of hydrogen-bond acceptors (Lipinski definition) is 3. The summed E-state index contributed by atoms with van der Waals surface area (Å²) in [7, 11) is 0. The van der Waals surface area contributed by atoms with Crippen LogP contribution >= 0.6 is 0 Å². The Morgan fingerprint density at radius 3 is 2.75 bits per heavy atom. The van der Waals surface area contributed by atoms with E-state index in [-0.39, 0.29) is 24.2 Å². The van der Waals surface area contributed by atoms with Gasteiger partial charge in [-0.05, 0) is 24.5 Å². The molecule has 5 heteroatoms. The number of carbonyl (C=O) groups is 1. The Hall–Kier alpha value is -1.93. The number of likely N-dealkylation sites (tertiary alicyclic amines) is 1. The van der Waals surface area contributed by atoms with Crippen LogP contribution in [-0.2, 0) is 11.2 Å². The fourth-order valence-corrected chi connectivity index (χ4v) is 2.43. The molecule has 0 spiro atoms. The number of benzene rings is 1. The molecule has 2 rings (SSSR count). The first-order chi connectivity index (χ1) is 9.69. The fraction of sp³-hybridized carbons (Fsp3) is 0.467. The molecular weight excluding hydrogens is 257 g/mol. The minimum atomic E-state index is -0.341. The van der Waals surface area contributed by atoms with Crippen LogP contribution < -0.4 is 5.32 Å². The predicted octanol–water partition coefficient (Wildman–Crippen LogP) is 1.47. The summed E-state index contributed by atoms with van der Waals surface area (Å²) in [4.78, 5) is 14.0. The van der Waals surface area contributed by atoms with Crippen molar-refractivity contribution in [3.05, 3.63) is 35.6 Å². The molecule has 1 fully saturated rings. The fourth-order valence-electron chi connectivity index (χ4n) is 2.43. The minimum absolute atomic E-state index is 0.0745. The van der Waals surface area contributed by atoms with Crippen LogP contribution in [0.15, 0.2) is 24.3 Å². The molecule has 0 saturated carbocycles. The second-order valence-electron chi connectivity index (χ2n) is 5.04. The van der Waals surface area contributed by atoms with E-state index in [1.165, 1.54) is 6.07 Å². The van der Waals surface area contributed by atoms with Gasteiger partial charge in [-0.1, -0.05) is 18.2 Å². The van der Waals surface area contributed by atoms with Gasteiger partial charge < -0.3 is 5.32 Å². The molecule has 106 valence electrons. The second kappa shape index (κ2) is 7.01. The molecule has 1 saturated heterocycles. The number of nitrogens with one attached hydrogen (secondary N) is 1. The third-order valence-corrected chi connectivity index (χ3v) is 3.56. The van der Waals surface area contributed by atoms with Crippen molar-refractivity contribution in [2.75, 3.05) is 19.6 Å². The summed E-state index contributed by atoms with van der Waals surface area (Å²) in [6.07, 6.45) is 1.75.